The number of aliphatic imine (C=N–C) groups is 2. The number of rotatable bonds is 6. The van der Waals surface area contributed by atoms with Crippen molar-refractivity contribution in [2.24, 2.45) is 15.4 Å². The molecular formula is C38H48N3O5+. The van der Waals surface area contributed by atoms with Crippen molar-refractivity contribution in [3.63, 3.8) is 0 Å². The summed E-state index contributed by atoms with van der Waals surface area (Å²) < 4.78 is 22.8. The summed E-state index contributed by atoms with van der Waals surface area (Å²) in [5.41, 5.74) is 11.1. The van der Waals surface area contributed by atoms with Gasteiger partial charge < -0.3 is 18.9 Å². The van der Waals surface area contributed by atoms with Crippen LogP contribution in [0.3, 0.4) is 0 Å². The molecule has 0 atom stereocenters. The molecule has 3 aromatic carbocycles. The maximum Gasteiger partial charge on any atom is 0.375 e. The van der Waals surface area contributed by atoms with E-state index in [1.165, 1.54) is 33.5 Å². The van der Waals surface area contributed by atoms with Crippen LogP contribution in [0.25, 0.3) is 0 Å². The molecule has 0 radical (unpaired) electrons. The molecule has 6 rings (SSSR count). The Labute approximate surface area is 273 Å². The molecule has 0 bridgehead atoms. The molecule has 3 aromatic rings. The van der Waals surface area contributed by atoms with E-state index >= 15 is 0 Å². The third-order valence-electron chi connectivity index (χ3n) is 8.77. The van der Waals surface area contributed by atoms with Crippen molar-refractivity contribution in [1.82, 2.24) is 0 Å². The van der Waals surface area contributed by atoms with Gasteiger partial charge in [-0.25, -0.2) is 4.79 Å². The van der Waals surface area contributed by atoms with Crippen molar-refractivity contribution in [3.8, 4) is 23.0 Å². The van der Waals surface area contributed by atoms with E-state index in [-0.39, 0.29) is 5.41 Å². The van der Waals surface area contributed by atoms with Gasteiger partial charge in [0, 0.05) is 54.4 Å². The van der Waals surface area contributed by atoms with Gasteiger partial charge in [-0.3, -0.25) is 9.98 Å². The number of carbonyl (C=O) groups is 1. The third-order valence-corrected chi connectivity index (χ3v) is 8.77. The lowest BCUT2D eigenvalue weighted by Gasteiger charge is -2.18. The molecule has 0 N–H and O–H groups in total. The van der Waals surface area contributed by atoms with Crippen LogP contribution in [0.5, 0.6) is 23.0 Å². The molecule has 0 aromatic heterocycles. The molecule has 8 nitrogen and oxygen atoms in total. The molecule has 0 unspecified atom stereocenters. The van der Waals surface area contributed by atoms with Gasteiger partial charge in [-0.05, 0) is 73.2 Å². The number of benzene rings is 3. The number of fused-ring (bicyclic) bond motifs is 3. The molecule has 1 amide bonds. The highest BCUT2D eigenvalue weighted by Crippen LogP contribution is 2.37. The Morgan fingerprint density at radius 1 is 0.804 bits per heavy atom. The first-order valence-corrected chi connectivity index (χ1v) is 15.8. The second-order valence-electron chi connectivity index (χ2n) is 12.1. The summed E-state index contributed by atoms with van der Waals surface area (Å²) >= 11 is 0. The monoisotopic (exact) mass is 626 g/mol. The van der Waals surface area contributed by atoms with E-state index in [1.807, 2.05) is 38.1 Å². The van der Waals surface area contributed by atoms with Gasteiger partial charge in [0.05, 0.1) is 28.4 Å². The van der Waals surface area contributed by atoms with E-state index in [2.05, 4.69) is 55.0 Å². The largest absolute Gasteiger partial charge is 0.493 e. The van der Waals surface area contributed by atoms with E-state index in [0.29, 0.717) is 5.75 Å². The summed E-state index contributed by atoms with van der Waals surface area (Å²) in [5, 5.41) is 0. The molecule has 1 aliphatic carbocycles. The molecule has 244 valence electrons. The molecular weight excluding hydrogens is 578 g/mol. The molecule has 0 spiro atoms. The van der Waals surface area contributed by atoms with E-state index < -0.39 is 0 Å². The van der Waals surface area contributed by atoms with Gasteiger partial charge >= 0.3 is 6.41 Å². The van der Waals surface area contributed by atoms with Crippen LogP contribution in [0.15, 0.2) is 58.5 Å². The van der Waals surface area contributed by atoms with Crippen molar-refractivity contribution in [1.29, 1.82) is 0 Å². The lowest BCUT2D eigenvalue weighted by molar-refractivity contribution is -0.434. The highest BCUT2D eigenvalue weighted by atomic mass is 16.5. The second kappa shape index (κ2) is 15.2. The highest BCUT2D eigenvalue weighted by Gasteiger charge is 2.34. The Morgan fingerprint density at radius 3 is 1.96 bits per heavy atom. The first-order chi connectivity index (χ1) is 22.1. The van der Waals surface area contributed by atoms with Gasteiger partial charge in [0.25, 0.3) is 0 Å². The summed E-state index contributed by atoms with van der Waals surface area (Å²) in [4.78, 5) is 20.0. The zero-order chi connectivity index (χ0) is 33.4. The Balaban J connectivity index is 0.000000157. The van der Waals surface area contributed by atoms with Crippen molar-refractivity contribution in [2.45, 2.75) is 53.9 Å². The van der Waals surface area contributed by atoms with Crippen LogP contribution in [-0.4, -0.2) is 76.2 Å². The fraction of sp³-hybridized carbons (Fsp3) is 0.421. The second-order valence-corrected chi connectivity index (χ2v) is 12.1. The van der Waals surface area contributed by atoms with Crippen LogP contribution < -0.4 is 18.9 Å². The van der Waals surface area contributed by atoms with Crippen molar-refractivity contribution in [2.75, 3.05) is 48.1 Å². The van der Waals surface area contributed by atoms with Crippen LogP contribution in [0.1, 0.15) is 68.0 Å². The number of amides is 1. The van der Waals surface area contributed by atoms with Crippen LogP contribution in [0, 0.1) is 5.41 Å². The Morgan fingerprint density at radius 2 is 1.37 bits per heavy atom. The minimum absolute atomic E-state index is 0.222. The lowest BCUT2D eigenvalue weighted by Crippen LogP contribution is -2.27. The van der Waals surface area contributed by atoms with Gasteiger partial charge in [-0.2, -0.15) is 4.58 Å². The SMILES string of the molecule is CCN=C1c2ccccc2CC1(C)C.COc1cc2c(cc1OC)C(C)=NCC2.COc1cc2c(cc1OC)C(C)=[N+](C=O)CC2. The van der Waals surface area contributed by atoms with Crippen molar-refractivity contribution < 1.29 is 28.3 Å². The molecule has 0 fully saturated rings. The Bertz CT molecular complexity index is 1670. The van der Waals surface area contributed by atoms with E-state index in [1.54, 1.807) is 33.0 Å². The molecule has 0 saturated heterocycles. The molecule has 3 aliphatic rings. The average molecular weight is 627 g/mol. The van der Waals surface area contributed by atoms with E-state index in [4.69, 9.17) is 18.9 Å². The summed E-state index contributed by atoms with van der Waals surface area (Å²) in [7, 11) is 6.55. The Kier molecular flexibility index (Phi) is 11.4. The number of methoxy groups -OCH3 is 4. The molecule has 46 heavy (non-hydrogen) atoms. The maximum atomic E-state index is 10.9. The van der Waals surface area contributed by atoms with Gasteiger partial charge in [-0.15, -0.1) is 0 Å². The van der Waals surface area contributed by atoms with Crippen LogP contribution in [0.4, 0.5) is 0 Å². The standard InChI is InChI=1S/C13H16NO3.C13H17N.C12H15NO2/c1-9-11-7-13(17-3)12(16-2)6-10(11)4-5-14(9)8-15;1-4-14-12-11-8-6-5-7-10(11)9-13(12,2)3;1-8-10-7-12(15-3)11(14-2)6-9(10)4-5-13-8/h6-8H,4-5H2,1-3H3;5-8H,4,9H2,1-3H3;6-7H,4-5H2,1-3H3/q+1;;. The van der Waals surface area contributed by atoms with Crippen LogP contribution >= 0.6 is 0 Å². The predicted molar refractivity (Wildman–Crippen MR) is 186 cm³/mol. The van der Waals surface area contributed by atoms with Gasteiger partial charge in [0.1, 0.15) is 0 Å². The minimum Gasteiger partial charge on any atom is -0.493 e. The molecule has 8 heteroatoms. The van der Waals surface area contributed by atoms with Gasteiger partial charge in [-0.1, -0.05) is 38.1 Å². The van der Waals surface area contributed by atoms with Crippen LogP contribution in [-0.2, 0) is 24.1 Å². The number of nitrogens with zero attached hydrogens (tertiary/aromatic N) is 3. The smallest absolute Gasteiger partial charge is 0.375 e. The minimum atomic E-state index is 0.222. The van der Waals surface area contributed by atoms with Gasteiger partial charge in [0.2, 0.25) is 0 Å². The fourth-order valence-corrected chi connectivity index (χ4v) is 6.34. The zero-order valence-corrected chi connectivity index (χ0v) is 28.8. The topological polar surface area (TPSA) is 81.7 Å². The van der Waals surface area contributed by atoms with E-state index in [9.17, 15) is 4.79 Å². The first kappa shape index (κ1) is 34.4. The summed E-state index contributed by atoms with van der Waals surface area (Å²) in [5.74, 6) is 3.00. The maximum absolute atomic E-state index is 10.9. The number of carbonyl (C=O) groups excluding carboxylic acids is 1. The predicted octanol–water partition coefficient (Wildman–Crippen LogP) is 6.38. The van der Waals surface area contributed by atoms with Crippen LogP contribution in [0.2, 0.25) is 0 Å². The first-order valence-electron chi connectivity index (χ1n) is 15.8. The summed E-state index contributed by atoms with van der Waals surface area (Å²) in [6, 6.07) is 16.6. The summed E-state index contributed by atoms with van der Waals surface area (Å²) in [6.45, 7) is 13.1. The fourth-order valence-electron chi connectivity index (χ4n) is 6.34. The molecule has 2 heterocycles. The zero-order valence-electron chi connectivity index (χ0n) is 28.8. The lowest BCUT2D eigenvalue weighted by atomic mass is 9.88. The van der Waals surface area contributed by atoms with Gasteiger partial charge in [0.15, 0.2) is 35.3 Å². The molecule has 0 saturated carbocycles. The van der Waals surface area contributed by atoms with E-state index in [0.717, 1.165) is 79.5 Å². The number of hydrogen-bond donors (Lipinski definition) is 0. The number of hydrogen-bond acceptors (Lipinski definition) is 7. The quantitative estimate of drug-likeness (QED) is 0.234. The highest BCUT2D eigenvalue weighted by molar-refractivity contribution is 6.08. The normalized spacial score (nSPS) is 16.4. The molecule has 2 aliphatic heterocycles. The summed E-state index contributed by atoms with van der Waals surface area (Å²) in [6.07, 6.45) is 3.82. The van der Waals surface area contributed by atoms with Crippen molar-refractivity contribution >= 4 is 23.5 Å². The Hall–Kier alpha value is -4.46. The van der Waals surface area contributed by atoms with Crippen molar-refractivity contribution in [3.05, 3.63) is 81.9 Å². The average Bonchev–Trinajstić information content (AvgIpc) is 3.33. The number of ether oxygens (including phenoxy) is 4. The third kappa shape index (κ3) is 7.33.